The van der Waals surface area contributed by atoms with Crippen LogP contribution in [0.2, 0.25) is 0 Å². The summed E-state index contributed by atoms with van der Waals surface area (Å²) in [5, 5.41) is 0. The lowest BCUT2D eigenvalue weighted by Gasteiger charge is -2.01. The van der Waals surface area contributed by atoms with E-state index in [1.165, 1.54) is 18.4 Å². The molecule has 4 heteroatoms. The minimum absolute atomic E-state index is 0. The molecule has 0 saturated heterocycles. The summed E-state index contributed by atoms with van der Waals surface area (Å²) in [7, 11) is 0. The third kappa shape index (κ3) is 1.92. The van der Waals surface area contributed by atoms with Crippen LogP contribution >= 0.6 is 12.4 Å². The molecule has 0 bridgehead atoms. The van der Waals surface area contributed by atoms with Gasteiger partial charge in [-0.05, 0) is 37.0 Å². The van der Waals surface area contributed by atoms with Crippen molar-refractivity contribution in [1.29, 1.82) is 0 Å². The van der Waals surface area contributed by atoms with Crippen molar-refractivity contribution in [2.45, 2.75) is 19.4 Å². The molecule has 0 amide bonds. The molecule has 1 aliphatic carbocycles. The van der Waals surface area contributed by atoms with Crippen LogP contribution in [0.4, 0.5) is 5.69 Å². The number of rotatable bonds is 2. The van der Waals surface area contributed by atoms with Gasteiger partial charge in [0, 0.05) is 12.2 Å². The highest BCUT2D eigenvalue weighted by molar-refractivity contribution is 5.85. The molecule has 0 spiro atoms. The number of hydrogen-bond acceptors (Lipinski definition) is 2. The van der Waals surface area contributed by atoms with E-state index in [1.807, 2.05) is 18.5 Å². The van der Waals surface area contributed by atoms with Gasteiger partial charge in [0.15, 0.2) is 0 Å². The Labute approximate surface area is 94.7 Å². The van der Waals surface area contributed by atoms with Gasteiger partial charge in [-0.25, -0.2) is 4.98 Å². The summed E-state index contributed by atoms with van der Waals surface area (Å²) in [6.45, 7) is 1.11. The van der Waals surface area contributed by atoms with E-state index in [-0.39, 0.29) is 12.4 Å². The van der Waals surface area contributed by atoms with E-state index in [0.29, 0.717) is 0 Å². The summed E-state index contributed by atoms with van der Waals surface area (Å²) in [5.74, 6) is 0.880. The monoisotopic (exact) mass is 223 g/mol. The molecule has 80 valence electrons. The Morgan fingerprint density at radius 2 is 2.20 bits per heavy atom. The van der Waals surface area contributed by atoms with Crippen molar-refractivity contribution in [3.8, 4) is 0 Å². The fraction of sp³-hybridized carbons (Fsp3) is 0.364. The van der Waals surface area contributed by atoms with Crippen LogP contribution in [0.25, 0.3) is 11.0 Å². The van der Waals surface area contributed by atoms with Gasteiger partial charge in [-0.3, -0.25) is 0 Å². The summed E-state index contributed by atoms with van der Waals surface area (Å²) in [6, 6.07) is 5.92. The zero-order valence-corrected chi connectivity index (χ0v) is 9.20. The summed E-state index contributed by atoms with van der Waals surface area (Å²) < 4.78 is 2.23. The van der Waals surface area contributed by atoms with Gasteiger partial charge < -0.3 is 10.3 Å². The van der Waals surface area contributed by atoms with Crippen molar-refractivity contribution >= 4 is 29.1 Å². The molecule has 1 heterocycles. The van der Waals surface area contributed by atoms with E-state index in [4.69, 9.17) is 5.73 Å². The van der Waals surface area contributed by atoms with Crippen LogP contribution < -0.4 is 5.73 Å². The highest BCUT2D eigenvalue weighted by atomic mass is 35.5. The predicted octanol–water partition coefficient (Wildman–Crippen LogP) is 2.45. The third-order valence-corrected chi connectivity index (χ3v) is 2.80. The van der Waals surface area contributed by atoms with E-state index in [9.17, 15) is 0 Å². The van der Waals surface area contributed by atoms with E-state index in [0.717, 1.165) is 23.7 Å². The standard InChI is InChI=1S/C11H13N3.ClH/c12-9-3-4-11-10(5-9)13-7-14(11)6-8-1-2-8;/h3-5,7-8H,1-2,6,12H2;1H. The first kappa shape index (κ1) is 10.3. The fourth-order valence-corrected chi connectivity index (χ4v) is 1.80. The van der Waals surface area contributed by atoms with Gasteiger partial charge in [0.1, 0.15) is 0 Å². The Morgan fingerprint density at radius 3 is 2.93 bits per heavy atom. The van der Waals surface area contributed by atoms with Crippen molar-refractivity contribution in [1.82, 2.24) is 9.55 Å². The van der Waals surface area contributed by atoms with Gasteiger partial charge >= 0.3 is 0 Å². The van der Waals surface area contributed by atoms with Crippen molar-refractivity contribution in [2.24, 2.45) is 5.92 Å². The second-order valence-electron chi connectivity index (χ2n) is 4.09. The van der Waals surface area contributed by atoms with E-state index >= 15 is 0 Å². The number of nitrogens with two attached hydrogens (primary N) is 1. The number of nitrogens with zero attached hydrogens (tertiary/aromatic N) is 2. The van der Waals surface area contributed by atoms with Crippen molar-refractivity contribution in [2.75, 3.05) is 5.73 Å². The van der Waals surface area contributed by atoms with Gasteiger partial charge in [0.2, 0.25) is 0 Å². The Morgan fingerprint density at radius 1 is 1.40 bits per heavy atom. The first-order chi connectivity index (χ1) is 6.83. The minimum Gasteiger partial charge on any atom is -0.399 e. The largest absolute Gasteiger partial charge is 0.399 e. The Balaban J connectivity index is 0.000000853. The van der Waals surface area contributed by atoms with Crippen LogP contribution in [-0.2, 0) is 6.54 Å². The quantitative estimate of drug-likeness (QED) is 0.795. The van der Waals surface area contributed by atoms with Crippen LogP contribution in [0.1, 0.15) is 12.8 Å². The second kappa shape index (κ2) is 3.74. The molecule has 0 radical (unpaired) electrons. The first-order valence-electron chi connectivity index (χ1n) is 5.03. The molecule has 0 atom stereocenters. The molecule has 1 aliphatic rings. The fourth-order valence-electron chi connectivity index (χ4n) is 1.80. The van der Waals surface area contributed by atoms with Gasteiger partial charge in [-0.15, -0.1) is 12.4 Å². The number of fused-ring (bicyclic) bond motifs is 1. The van der Waals surface area contributed by atoms with E-state index in [2.05, 4.69) is 15.6 Å². The molecule has 3 nitrogen and oxygen atoms in total. The lowest BCUT2D eigenvalue weighted by atomic mass is 10.3. The van der Waals surface area contributed by atoms with Gasteiger partial charge in [0.05, 0.1) is 17.4 Å². The van der Waals surface area contributed by atoms with Crippen molar-refractivity contribution < 1.29 is 0 Å². The highest BCUT2D eigenvalue weighted by Crippen LogP contribution is 2.31. The maximum absolute atomic E-state index is 5.70. The van der Waals surface area contributed by atoms with Crippen molar-refractivity contribution in [3.63, 3.8) is 0 Å². The molecule has 1 fully saturated rings. The average molecular weight is 224 g/mol. The van der Waals surface area contributed by atoms with Crippen LogP contribution in [0.3, 0.4) is 0 Å². The van der Waals surface area contributed by atoms with E-state index in [1.54, 1.807) is 0 Å². The Bertz CT molecular complexity index is 474. The number of aromatic nitrogens is 2. The Hall–Kier alpha value is -1.22. The lowest BCUT2D eigenvalue weighted by molar-refractivity contribution is 0.642. The maximum atomic E-state index is 5.70. The number of anilines is 1. The van der Waals surface area contributed by atoms with Crippen LogP contribution in [0.5, 0.6) is 0 Å². The van der Waals surface area contributed by atoms with E-state index < -0.39 is 0 Å². The normalized spacial score (nSPS) is 15.2. The molecular weight excluding hydrogens is 210 g/mol. The Kier molecular flexibility index (Phi) is 2.57. The molecule has 1 saturated carbocycles. The number of benzene rings is 1. The minimum atomic E-state index is 0. The molecule has 3 rings (SSSR count). The molecule has 15 heavy (non-hydrogen) atoms. The summed E-state index contributed by atoms with van der Waals surface area (Å²) in [5.41, 5.74) is 8.69. The highest BCUT2D eigenvalue weighted by Gasteiger charge is 2.22. The topological polar surface area (TPSA) is 43.8 Å². The molecule has 2 N–H and O–H groups in total. The number of halogens is 1. The summed E-state index contributed by atoms with van der Waals surface area (Å²) in [6.07, 6.45) is 4.66. The zero-order valence-electron chi connectivity index (χ0n) is 8.39. The van der Waals surface area contributed by atoms with Gasteiger partial charge in [0.25, 0.3) is 0 Å². The summed E-state index contributed by atoms with van der Waals surface area (Å²) >= 11 is 0. The molecular formula is C11H14ClN3. The SMILES string of the molecule is Cl.Nc1ccc2c(c1)ncn2CC1CC1. The maximum Gasteiger partial charge on any atom is 0.0958 e. The summed E-state index contributed by atoms with van der Waals surface area (Å²) in [4.78, 5) is 4.34. The number of imidazole rings is 1. The molecule has 2 aromatic rings. The van der Waals surface area contributed by atoms with Gasteiger partial charge in [-0.2, -0.15) is 0 Å². The van der Waals surface area contributed by atoms with Crippen LogP contribution in [-0.4, -0.2) is 9.55 Å². The number of hydrogen-bond donors (Lipinski definition) is 1. The van der Waals surface area contributed by atoms with Gasteiger partial charge in [-0.1, -0.05) is 0 Å². The zero-order chi connectivity index (χ0) is 9.54. The third-order valence-electron chi connectivity index (χ3n) is 2.80. The van der Waals surface area contributed by atoms with Crippen LogP contribution in [0.15, 0.2) is 24.5 Å². The predicted molar refractivity (Wildman–Crippen MR) is 64.1 cm³/mol. The molecule has 1 aromatic carbocycles. The average Bonchev–Trinajstić information content (AvgIpc) is 2.89. The molecule has 0 aliphatic heterocycles. The van der Waals surface area contributed by atoms with Crippen LogP contribution in [0, 0.1) is 5.92 Å². The molecule has 0 unspecified atom stereocenters. The lowest BCUT2D eigenvalue weighted by Crippen LogP contribution is -1.97. The van der Waals surface area contributed by atoms with Crippen molar-refractivity contribution in [3.05, 3.63) is 24.5 Å². The smallest absolute Gasteiger partial charge is 0.0958 e. The second-order valence-corrected chi connectivity index (χ2v) is 4.09. The first-order valence-corrected chi connectivity index (χ1v) is 5.03. The molecule has 1 aromatic heterocycles. The number of nitrogen functional groups attached to an aromatic ring is 1.